The van der Waals surface area contributed by atoms with Crippen LogP contribution in [0.25, 0.3) is 0 Å². The molecule has 0 aromatic heterocycles. The fraction of sp³-hybridized carbons (Fsp3) is 1.00. The molecule has 0 aromatic carbocycles. The molecule has 1 nitrogen and oxygen atoms in total. The van der Waals surface area contributed by atoms with E-state index in [1.807, 2.05) is 0 Å². The highest BCUT2D eigenvalue weighted by molar-refractivity contribution is 4.82. The Hall–Kier alpha value is -0.0400. The molecule has 0 amide bonds. The third-order valence-electron chi connectivity index (χ3n) is 4.11. The van der Waals surface area contributed by atoms with Gasteiger partial charge in [0.25, 0.3) is 0 Å². The summed E-state index contributed by atoms with van der Waals surface area (Å²) in [5.74, 6) is 2.65. The Morgan fingerprint density at radius 1 is 1.06 bits per heavy atom. The average molecular weight is 225 g/mol. The van der Waals surface area contributed by atoms with Gasteiger partial charge < -0.3 is 5.32 Å². The molecule has 0 saturated heterocycles. The van der Waals surface area contributed by atoms with Crippen molar-refractivity contribution in [3.05, 3.63) is 0 Å². The van der Waals surface area contributed by atoms with Crippen molar-refractivity contribution in [1.29, 1.82) is 0 Å². The monoisotopic (exact) mass is 225 g/mol. The summed E-state index contributed by atoms with van der Waals surface area (Å²) in [5.41, 5.74) is 0. The predicted molar refractivity (Wildman–Crippen MR) is 72.6 cm³/mol. The lowest BCUT2D eigenvalue weighted by Gasteiger charge is -2.35. The van der Waals surface area contributed by atoms with E-state index in [-0.39, 0.29) is 0 Å². The molecule has 1 aliphatic rings. The summed E-state index contributed by atoms with van der Waals surface area (Å²) in [5, 5.41) is 3.84. The molecule has 16 heavy (non-hydrogen) atoms. The minimum atomic E-state index is 0.697. The van der Waals surface area contributed by atoms with Crippen LogP contribution in [-0.2, 0) is 0 Å². The normalized spacial score (nSPS) is 33.0. The van der Waals surface area contributed by atoms with Crippen molar-refractivity contribution in [2.45, 2.75) is 78.8 Å². The van der Waals surface area contributed by atoms with E-state index in [0.29, 0.717) is 6.04 Å². The SMILES string of the molecule is CC(C)CCC(C)NC1CCC(C)CC1C. The molecule has 4 atom stereocenters. The van der Waals surface area contributed by atoms with E-state index < -0.39 is 0 Å². The molecule has 1 N–H and O–H groups in total. The third kappa shape index (κ3) is 4.86. The molecule has 96 valence electrons. The topological polar surface area (TPSA) is 12.0 Å². The molecule has 1 saturated carbocycles. The highest BCUT2D eigenvalue weighted by atomic mass is 15.0. The Morgan fingerprint density at radius 2 is 1.75 bits per heavy atom. The molecule has 0 aromatic rings. The minimum Gasteiger partial charge on any atom is -0.311 e. The number of rotatable bonds is 5. The lowest BCUT2D eigenvalue weighted by atomic mass is 9.79. The summed E-state index contributed by atoms with van der Waals surface area (Å²) >= 11 is 0. The van der Waals surface area contributed by atoms with Gasteiger partial charge in [-0.1, -0.05) is 27.7 Å². The summed E-state index contributed by atoms with van der Waals surface area (Å²) < 4.78 is 0. The second-order valence-corrected chi connectivity index (χ2v) is 6.54. The van der Waals surface area contributed by atoms with E-state index in [2.05, 4.69) is 39.9 Å². The van der Waals surface area contributed by atoms with Crippen molar-refractivity contribution in [1.82, 2.24) is 5.32 Å². The van der Waals surface area contributed by atoms with Crippen molar-refractivity contribution in [2.24, 2.45) is 17.8 Å². The Morgan fingerprint density at radius 3 is 2.31 bits per heavy atom. The van der Waals surface area contributed by atoms with Gasteiger partial charge in [-0.25, -0.2) is 0 Å². The van der Waals surface area contributed by atoms with E-state index in [1.54, 1.807) is 0 Å². The molecular formula is C15H31N. The summed E-state index contributed by atoms with van der Waals surface area (Å²) in [6.07, 6.45) is 6.89. The maximum absolute atomic E-state index is 3.84. The molecule has 4 unspecified atom stereocenters. The molecule has 0 aliphatic heterocycles. The first-order valence-electron chi connectivity index (χ1n) is 7.25. The summed E-state index contributed by atoms with van der Waals surface area (Å²) in [4.78, 5) is 0. The van der Waals surface area contributed by atoms with Crippen LogP contribution < -0.4 is 5.32 Å². The Kier molecular flexibility index (Phi) is 5.82. The second-order valence-electron chi connectivity index (χ2n) is 6.54. The molecule has 1 fully saturated rings. The predicted octanol–water partition coefficient (Wildman–Crippen LogP) is 4.23. The molecule has 1 heteroatoms. The first-order chi connectivity index (χ1) is 7.49. The standard InChI is InChI=1S/C15H31N/c1-11(2)6-8-14(5)16-15-9-7-12(3)10-13(15)4/h11-16H,6-10H2,1-5H3. The van der Waals surface area contributed by atoms with E-state index in [9.17, 15) is 0 Å². The van der Waals surface area contributed by atoms with Crippen molar-refractivity contribution >= 4 is 0 Å². The molecular weight excluding hydrogens is 194 g/mol. The van der Waals surface area contributed by atoms with Gasteiger partial charge >= 0.3 is 0 Å². The Bertz CT molecular complexity index is 188. The van der Waals surface area contributed by atoms with Gasteiger partial charge in [-0.3, -0.25) is 0 Å². The second kappa shape index (κ2) is 6.64. The zero-order valence-electron chi connectivity index (χ0n) is 11.9. The van der Waals surface area contributed by atoms with Gasteiger partial charge in [0, 0.05) is 12.1 Å². The Labute approximate surface area is 102 Å². The van der Waals surface area contributed by atoms with Gasteiger partial charge in [0.2, 0.25) is 0 Å². The van der Waals surface area contributed by atoms with Crippen LogP contribution in [0, 0.1) is 17.8 Å². The van der Waals surface area contributed by atoms with Gasteiger partial charge in [-0.2, -0.15) is 0 Å². The van der Waals surface area contributed by atoms with Crippen molar-refractivity contribution < 1.29 is 0 Å². The van der Waals surface area contributed by atoms with E-state index >= 15 is 0 Å². The lowest BCUT2D eigenvalue weighted by molar-refractivity contribution is 0.212. The van der Waals surface area contributed by atoms with Crippen LogP contribution in [0.4, 0.5) is 0 Å². The van der Waals surface area contributed by atoms with Gasteiger partial charge in [0.05, 0.1) is 0 Å². The largest absolute Gasteiger partial charge is 0.311 e. The fourth-order valence-corrected chi connectivity index (χ4v) is 2.95. The third-order valence-corrected chi connectivity index (χ3v) is 4.11. The van der Waals surface area contributed by atoms with Crippen molar-refractivity contribution in [3.63, 3.8) is 0 Å². The van der Waals surface area contributed by atoms with Crippen molar-refractivity contribution in [2.75, 3.05) is 0 Å². The number of nitrogens with one attached hydrogen (secondary N) is 1. The quantitative estimate of drug-likeness (QED) is 0.738. The van der Waals surface area contributed by atoms with Crippen LogP contribution in [0.1, 0.15) is 66.7 Å². The fourth-order valence-electron chi connectivity index (χ4n) is 2.95. The van der Waals surface area contributed by atoms with Crippen LogP contribution in [0.3, 0.4) is 0 Å². The minimum absolute atomic E-state index is 0.697. The van der Waals surface area contributed by atoms with Crippen LogP contribution in [0.15, 0.2) is 0 Å². The molecule has 1 aliphatic carbocycles. The van der Waals surface area contributed by atoms with Crippen LogP contribution in [0.5, 0.6) is 0 Å². The first-order valence-corrected chi connectivity index (χ1v) is 7.25. The maximum Gasteiger partial charge on any atom is 0.00953 e. The first kappa shape index (κ1) is 14.0. The molecule has 0 heterocycles. The molecule has 0 radical (unpaired) electrons. The summed E-state index contributed by atoms with van der Waals surface area (Å²) in [6.45, 7) is 11.8. The average Bonchev–Trinajstić information content (AvgIpc) is 2.19. The van der Waals surface area contributed by atoms with Crippen LogP contribution >= 0.6 is 0 Å². The van der Waals surface area contributed by atoms with Gasteiger partial charge in [0.15, 0.2) is 0 Å². The maximum atomic E-state index is 3.84. The lowest BCUT2D eigenvalue weighted by Crippen LogP contribution is -2.43. The Balaban J connectivity index is 2.25. The van der Waals surface area contributed by atoms with Crippen LogP contribution in [0.2, 0.25) is 0 Å². The highest BCUT2D eigenvalue weighted by Crippen LogP contribution is 2.29. The zero-order valence-corrected chi connectivity index (χ0v) is 11.9. The molecule has 0 spiro atoms. The number of hydrogen-bond donors (Lipinski definition) is 1. The van der Waals surface area contributed by atoms with E-state index in [1.165, 1.54) is 32.1 Å². The van der Waals surface area contributed by atoms with Crippen LogP contribution in [-0.4, -0.2) is 12.1 Å². The summed E-state index contributed by atoms with van der Waals surface area (Å²) in [6, 6.07) is 1.47. The molecule has 1 rings (SSSR count). The molecule has 0 bridgehead atoms. The van der Waals surface area contributed by atoms with Crippen molar-refractivity contribution in [3.8, 4) is 0 Å². The van der Waals surface area contributed by atoms with Gasteiger partial charge in [0.1, 0.15) is 0 Å². The summed E-state index contributed by atoms with van der Waals surface area (Å²) in [7, 11) is 0. The van der Waals surface area contributed by atoms with E-state index in [0.717, 1.165) is 23.8 Å². The number of hydrogen-bond acceptors (Lipinski definition) is 1. The smallest absolute Gasteiger partial charge is 0.00953 e. The van der Waals surface area contributed by atoms with Gasteiger partial charge in [-0.05, 0) is 56.8 Å². The van der Waals surface area contributed by atoms with Gasteiger partial charge in [-0.15, -0.1) is 0 Å². The zero-order chi connectivity index (χ0) is 12.1. The highest BCUT2D eigenvalue weighted by Gasteiger charge is 2.25. The van der Waals surface area contributed by atoms with E-state index in [4.69, 9.17) is 0 Å².